The highest BCUT2D eigenvalue weighted by Gasteiger charge is 2.17. The molecule has 0 aliphatic rings. The lowest BCUT2D eigenvalue weighted by molar-refractivity contribution is -0.163. The summed E-state index contributed by atoms with van der Waals surface area (Å²) in [5.41, 5.74) is 0. The Hall–Kier alpha value is -2.66. The Bertz CT molecular complexity index is 1080. The van der Waals surface area contributed by atoms with Crippen molar-refractivity contribution < 1.29 is 23.8 Å². The number of carbonyl (C=O) groups excluding carboxylic acids is 2. The van der Waals surface area contributed by atoms with Crippen LogP contribution in [0.5, 0.6) is 0 Å². The van der Waals surface area contributed by atoms with E-state index < -0.39 is 6.10 Å². The van der Waals surface area contributed by atoms with Gasteiger partial charge in [-0.05, 0) is 89.9 Å². The summed E-state index contributed by atoms with van der Waals surface area (Å²) in [5, 5.41) is 0. The van der Waals surface area contributed by atoms with E-state index in [9.17, 15) is 9.59 Å². The van der Waals surface area contributed by atoms with Crippen molar-refractivity contribution in [1.82, 2.24) is 0 Å². The molecule has 0 aromatic heterocycles. The molecule has 0 fully saturated rings. The number of rotatable bonds is 46. The van der Waals surface area contributed by atoms with Gasteiger partial charge in [-0.2, -0.15) is 0 Å². The van der Waals surface area contributed by atoms with Crippen LogP contribution in [0.3, 0.4) is 0 Å². The van der Waals surface area contributed by atoms with Crippen LogP contribution >= 0.6 is 0 Å². The molecular weight excluding hydrogens is 741 g/mol. The Kier molecular flexibility index (Phi) is 48.4. The number of hydrogen-bond acceptors (Lipinski definition) is 5. The minimum absolute atomic E-state index is 0.0645. The summed E-state index contributed by atoms with van der Waals surface area (Å²) < 4.78 is 17.3. The first-order valence-corrected chi connectivity index (χ1v) is 25.5. The number of carbonyl (C=O) groups is 2. The summed E-state index contributed by atoms with van der Waals surface area (Å²) in [7, 11) is 0. The van der Waals surface area contributed by atoms with Gasteiger partial charge in [0.15, 0.2) is 6.10 Å². The fourth-order valence-electron chi connectivity index (χ4n) is 6.94. The maximum atomic E-state index is 12.8. The monoisotopic (exact) mass is 837 g/mol. The van der Waals surface area contributed by atoms with E-state index in [0.29, 0.717) is 19.4 Å². The van der Waals surface area contributed by atoms with Crippen molar-refractivity contribution in [3.63, 3.8) is 0 Å². The van der Waals surface area contributed by atoms with Crippen molar-refractivity contribution in [1.29, 1.82) is 0 Å². The molecule has 0 saturated heterocycles. The van der Waals surface area contributed by atoms with E-state index in [1.54, 1.807) is 0 Å². The smallest absolute Gasteiger partial charge is 0.306 e. The molecule has 60 heavy (non-hydrogen) atoms. The predicted octanol–water partition coefficient (Wildman–Crippen LogP) is 17.1. The van der Waals surface area contributed by atoms with Crippen LogP contribution in [0.4, 0.5) is 0 Å². The first kappa shape index (κ1) is 57.3. The molecule has 0 amide bonds. The molecule has 346 valence electrons. The Labute approximate surface area is 372 Å². The highest BCUT2D eigenvalue weighted by atomic mass is 16.6. The number of allylic oxidation sites excluding steroid dienone is 12. The molecule has 0 aromatic carbocycles. The van der Waals surface area contributed by atoms with E-state index in [0.717, 1.165) is 96.3 Å². The van der Waals surface area contributed by atoms with Crippen LogP contribution in [0, 0.1) is 0 Å². The van der Waals surface area contributed by atoms with Crippen LogP contribution in [0.1, 0.15) is 239 Å². The largest absolute Gasteiger partial charge is 0.462 e. The van der Waals surface area contributed by atoms with E-state index in [2.05, 4.69) is 93.7 Å². The van der Waals surface area contributed by atoms with Crippen LogP contribution in [-0.2, 0) is 23.8 Å². The minimum Gasteiger partial charge on any atom is -0.462 e. The Morgan fingerprint density at radius 2 is 0.750 bits per heavy atom. The summed E-state index contributed by atoms with van der Waals surface area (Å²) in [6.45, 7) is 7.67. The van der Waals surface area contributed by atoms with E-state index in [1.807, 2.05) is 0 Å². The molecule has 0 spiro atoms. The topological polar surface area (TPSA) is 61.8 Å². The standard InChI is InChI=1S/C55H96O5/c1-4-7-10-13-16-19-22-24-26-27-28-29-31-32-34-36-39-42-45-48-54(56)59-52-53(51-58-50-47-44-41-38-21-18-15-12-9-6-3)60-55(57)49-46-43-40-37-35-33-30-25-23-20-17-14-11-8-5-2/h7,10,16,19,24-26,28-30,32,34,53H,4-6,8-9,11-15,17-18,20-23,27,31,33,35-52H2,1-3H3/b10-7-,19-16-,26-24-,29-28-,30-25-,34-32-. The summed E-state index contributed by atoms with van der Waals surface area (Å²) in [5.74, 6) is -0.441. The number of esters is 2. The molecule has 0 heterocycles. The van der Waals surface area contributed by atoms with E-state index in [-0.39, 0.29) is 25.2 Å². The molecule has 0 radical (unpaired) electrons. The van der Waals surface area contributed by atoms with Crippen molar-refractivity contribution >= 4 is 11.9 Å². The second kappa shape index (κ2) is 50.7. The van der Waals surface area contributed by atoms with Gasteiger partial charge in [-0.25, -0.2) is 0 Å². The van der Waals surface area contributed by atoms with E-state index >= 15 is 0 Å². The third-order valence-corrected chi connectivity index (χ3v) is 10.7. The van der Waals surface area contributed by atoms with Crippen LogP contribution in [0.2, 0.25) is 0 Å². The summed E-state index contributed by atoms with van der Waals surface area (Å²) >= 11 is 0. The molecule has 0 saturated carbocycles. The zero-order valence-corrected chi connectivity index (χ0v) is 39.7. The van der Waals surface area contributed by atoms with Gasteiger partial charge in [-0.3, -0.25) is 9.59 Å². The van der Waals surface area contributed by atoms with Crippen molar-refractivity contribution in [2.45, 2.75) is 245 Å². The SMILES string of the molecule is CC/C=C\C/C=C\C/C=C\C/C=C\C/C=C\CCCCCC(=O)OCC(COCCCCCCCCCCCC)OC(=O)CCCCCCC/C=C\CCCCCCCC. The first-order chi connectivity index (χ1) is 29.6. The number of ether oxygens (including phenoxy) is 3. The average molecular weight is 837 g/mol. The van der Waals surface area contributed by atoms with Crippen LogP contribution < -0.4 is 0 Å². The third-order valence-electron chi connectivity index (χ3n) is 10.7. The summed E-state index contributed by atoms with van der Waals surface area (Å²) in [4.78, 5) is 25.3. The highest BCUT2D eigenvalue weighted by molar-refractivity contribution is 5.70. The van der Waals surface area contributed by atoms with Gasteiger partial charge in [0.2, 0.25) is 0 Å². The first-order valence-electron chi connectivity index (χ1n) is 25.5. The quantitative estimate of drug-likeness (QED) is 0.0347. The predicted molar refractivity (Wildman–Crippen MR) is 260 cm³/mol. The fourth-order valence-corrected chi connectivity index (χ4v) is 6.94. The maximum absolute atomic E-state index is 12.8. The average Bonchev–Trinajstić information content (AvgIpc) is 3.25. The second-order valence-corrected chi connectivity index (χ2v) is 16.7. The van der Waals surface area contributed by atoms with Crippen molar-refractivity contribution in [2.24, 2.45) is 0 Å². The van der Waals surface area contributed by atoms with Gasteiger partial charge < -0.3 is 14.2 Å². The summed E-state index contributed by atoms with van der Waals surface area (Å²) in [6, 6.07) is 0. The second-order valence-electron chi connectivity index (χ2n) is 16.7. The molecule has 1 atom stereocenters. The number of hydrogen-bond donors (Lipinski definition) is 0. The Morgan fingerprint density at radius 1 is 0.383 bits per heavy atom. The maximum Gasteiger partial charge on any atom is 0.306 e. The molecule has 0 N–H and O–H groups in total. The fraction of sp³-hybridized carbons (Fsp3) is 0.745. The van der Waals surface area contributed by atoms with Crippen molar-refractivity contribution in [2.75, 3.05) is 19.8 Å². The molecule has 5 nitrogen and oxygen atoms in total. The van der Waals surface area contributed by atoms with Gasteiger partial charge in [0, 0.05) is 19.4 Å². The lowest BCUT2D eigenvalue weighted by Crippen LogP contribution is -2.30. The van der Waals surface area contributed by atoms with Crippen molar-refractivity contribution in [3.8, 4) is 0 Å². The van der Waals surface area contributed by atoms with Crippen LogP contribution in [0.25, 0.3) is 0 Å². The Balaban J connectivity index is 4.29. The molecule has 1 unspecified atom stereocenters. The molecule has 5 heteroatoms. The zero-order valence-electron chi connectivity index (χ0n) is 39.7. The normalized spacial score (nSPS) is 12.8. The lowest BCUT2D eigenvalue weighted by atomic mass is 10.1. The van der Waals surface area contributed by atoms with Gasteiger partial charge >= 0.3 is 11.9 Å². The zero-order chi connectivity index (χ0) is 43.5. The third kappa shape index (κ3) is 48.0. The minimum atomic E-state index is -0.553. The van der Waals surface area contributed by atoms with E-state index in [4.69, 9.17) is 14.2 Å². The van der Waals surface area contributed by atoms with Crippen LogP contribution in [-0.4, -0.2) is 37.9 Å². The van der Waals surface area contributed by atoms with E-state index in [1.165, 1.54) is 109 Å². The van der Waals surface area contributed by atoms with Gasteiger partial charge in [0.05, 0.1) is 6.61 Å². The molecule has 0 aliphatic carbocycles. The molecular formula is C55H96O5. The Morgan fingerprint density at radius 3 is 1.23 bits per heavy atom. The lowest BCUT2D eigenvalue weighted by Gasteiger charge is -2.18. The molecule has 0 aromatic rings. The van der Waals surface area contributed by atoms with Crippen molar-refractivity contribution in [3.05, 3.63) is 72.9 Å². The van der Waals surface area contributed by atoms with Gasteiger partial charge in [-0.1, -0.05) is 209 Å². The van der Waals surface area contributed by atoms with Gasteiger partial charge in [-0.15, -0.1) is 0 Å². The summed E-state index contributed by atoms with van der Waals surface area (Å²) in [6.07, 6.45) is 64.8. The van der Waals surface area contributed by atoms with Crippen LogP contribution in [0.15, 0.2) is 72.9 Å². The molecule has 0 rings (SSSR count). The highest BCUT2D eigenvalue weighted by Crippen LogP contribution is 2.13. The van der Waals surface area contributed by atoms with Gasteiger partial charge in [0.25, 0.3) is 0 Å². The molecule has 0 bridgehead atoms. The number of unbranched alkanes of at least 4 members (excludes halogenated alkanes) is 23. The molecule has 0 aliphatic heterocycles. The van der Waals surface area contributed by atoms with Gasteiger partial charge in [0.1, 0.15) is 6.61 Å².